The fraction of sp³-hybridized carbons (Fsp3) is 0.200. The summed E-state index contributed by atoms with van der Waals surface area (Å²) in [6, 6.07) is 7.93. The second kappa shape index (κ2) is 5.37. The van der Waals surface area contributed by atoms with Crippen LogP contribution in [0.15, 0.2) is 34.9 Å². The van der Waals surface area contributed by atoms with Gasteiger partial charge < -0.3 is 10.5 Å². The Morgan fingerprint density at radius 1 is 1.24 bits per heavy atom. The summed E-state index contributed by atoms with van der Waals surface area (Å²) >= 11 is 3.42. The van der Waals surface area contributed by atoms with Gasteiger partial charge in [-0.2, -0.15) is 0 Å². The molecule has 0 radical (unpaired) electrons. The van der Waals surface area contributed by atoms with Crippen molar-refractivity contribution in [3.05, 3.63) is 51.9 Å². The lowest BCUT2D eigenvalue weighted by Crippen LogP contribution is -2.03. The molecule has 108 valence electrons. The zero-order valence-corrected chi connectivity index (χ0v) is 13.4. The molecule has 0 spiro atoms. The number of rotatable bonds is 3. The molecule has 0 amide bonds. The van der Waals surface area contributed by atoms with Gasteiger partial charge in [0.05, 0.1) is 5.69 Å². The Labute approximate surface area is 130 Å². The smallest absolute Gasteiger partial charge is 0.184 e. The molecule has 2 aromatic heterocycles. The quantitative estimate of drug-likeness (QED) is 0.790. The van der Waals surface area contributed by atoms with Crippen molar-refractivity contribution in [3.63, 3.8) is 0 Å². The summed E-state index contributed by atoms with van der Waals surface area (Å²) in [5, 5.41) is 8.25. The molecule has 0 fully saturated rings. The zero-order chi connectivity index (χ0) is 15.0. The predicted molar refractivity (Wildman–Crippen MR) is 85.3 cm³/mol. The minimum atomic E-state index is 0.335. The van der Waals surface area contributed by atoms with Crippen LogP contribution >= 0.6 is 15.9 Å². The number of ether oxygens (including phenoxy) is 1. The summed E-state index contributed by atoms with van der Waals surface area (Å²) in [6.45, 7) is 4.39. The number of aryl methyl sites for hydroxylation is 2. The van der Waals surface area contributed by atoms with Crippen LogP contribution in [0.3, 0.4) is 0 Å². The maximum atomic E-state index is 5.93. The molecule has 0 bridgehead atoms. The van der Waals surface area contributed by atoms with Crippen LogP contribution in [-0.4, -0.2) is 14.6 Å². The van der Waals surface area contributed by atoms with E-state index in [1.165, 1.54) is 0 Å². The van der Waals surface area contributed by atoms with E-state index in [9.17, 15) is 0 Å². The predicted octanol–water partition coefficient (Wildman–Crippen LogP) is 3.27. The number of nitrogens with two attached hydrogens (primary N) is 1. The van der Waals surface area contributed by atoms with Gasteiger partial charge in [0.25, 0.3) is 0 Å². The van der Waals surface area contributed by atoms with Crippen LogP contribution in [0, 0.1) is 13.8 Å². The van der Waals surface area contributed by atoms with Crippen molar-refractivity contribution in [1.29, 1.82) is 0 Å². The Morgan fingerprint density at radius 2 is 2.05 bits per heavy atom. The van der Waals surface area contributed by atoms with Gasteiger partial charge >= 0.3 is 0 Å². The number of benzene rings is 1. The van der Waals surface area contributed by atoms with Gasteiger partial charge in [-0.25, -0.2) is 0 Å². The molecule has 0 aliphatic rings. The minimum absolute atomic E-state index is 0.335. The highest BCUT2D eigenvalue weighted by molar-refractivity contribution is 9.10. The molecule has 21 heavy (non-hydrogen) atoms. The first-order chi connectivity index (χ1) is 10.0. The third-order valence-electron chi connectivity index (χ3n) is 3.27. The lowest BCUT2D eigenvalue weighted by Gasteiger charge is -2.09. The van der Waals surface area contributed by atoms with Gasteiger partial charge in [0.2, 0.25) is 0 Å². The van der Waals surface area contributed by atoms with Gasteiger partial charge in [0, 0.05) is 10.7 Å². The molecule has 0 saturated heterocycles. The first-order valence-electron chi connectivity index (χ1n) is 6.53. The maximum absolute atomic E-state index is 5.93. The number of halogens is 1. The van der Waals surface area contributed by atoms with Crippen molar-refractivity contribution in [2.45, 2.75) is 20.5 Å². The molecule has 3 aromatic rings. The third kappa shape index (κ3) is 2.71. The number of hydrogen-bond acceptors (Lipinski definition) is 4. The van der Waals surface area contributed by atoms with Gasteiger partial charge in [-0.1, -0.05) is 12.1 Å². The summed E-state index contributed by atoms with van der Waals surface area (Å²) in [5.74, 6) is 1.56. The van der Waals surface area contributed by atoms with Crippen molar-refractivity contribution in [1.82, 2.24) is 14.6 Å². The number of pyridine rings is 1. The highest BCUT2D eigenvalue weighted by atomic mass is 79.9. The first-order valence-corrected chi connectivity index (χ1v) is 7.32. The molecule has 3 rings (SSSR count). The Balaban J connectivity index is 1.90. The molecular weight excluding hydrogens is 332 g/mol. The zero-order valence-electron chi connectivity index (χ0n) is 11.8. The van der Waals surface area contributed by atoms with E-state index in [0.717, 1.165) is 21.3 Å². The highest BCUT2D eigenvalue weighted by Gasteiger charge is 2.10. The van der Waals surface area contributed by atoms with Crippen molar-refractivity contribution < 1.29 is 4.74 Å². The molecule has 0 unspecified atom stereocenters. The van der Waals surface area contributed by atoms with Crippen LogP contribution in [0.5, 0.6) is 5.75 Å². The van der Waals surface area contributed by atoms with Crippen molar-refractivity contribution in [2.75, 3.05) is 5.73 Å². The second-order valence-corrected chi connectivity index (χ2v) is 5.90. The Hall–Kier alpha value is -2.08. The molecule has 0 saturated carbocycles. The minimum Gasteiger partial charge on any atom is -0.485 e. The maximum Gasteiger partial charge on any atom is 0.184 e. The van der Waals surface area contributed by atoms with Crippen molar-refractivity contribution >= 4 is 27.3 Å². The van der Waals surface area contributed by atoms with E-state index >= 15 is 0 Å². The van der Waals surface area contributed by atoms with E-state index in [1.807, 2.05) is 36.6 Å². The number of hydrogen-bond donors (Lipinski definition) is 1. The topological polar surface area (TPSA) is 65.4 Å². The summed E-state index contributed by atoms with van der Waals surface area (Å²) in [7, 11) is 0. The van der Waals surface area contributed by atoms with Crippen LogP contribution in [0.2, 0.25) is 0 Å². The monoisotopic (exact) mass is 346 g/mol. The van der Waals surface area contributed by atoms with E-state index in [1.54, 1.807) is 6.07 Å². The lowest BCUT2D eigenvalue weighted by molar-refractivity contribution is 0.292. The average Bonchev–Trinajstić information content (AvgIpc) is 2.83. The molecule has 1 aromatic carbocycles. The van der Waals surface area contributed by atoms with Crippen molar-refractivity contribution in [3.8, 4) is 5.75 Å². The molecule has 0 aliphatic heterocycles. The number of aromatic nitrogens is 3. The van der Waals surface area contributed by atoms with Gasteiger partial charge in [-0.05, 0) is 53.0 Å². The van der Waals surface area contributed by atoms with Gasteiger partial charge in [0.15, 0.2) is 11.5 Å². The number of nitrogens with zero attached hydrogens (tertiary/aromatic N) is 3. The van der Waals surface area contributed by atoms with Crippen LogP contribution in [-0.2, 0) is 6.61 Å². The van der Waals surface area contributed by atoms with Crippen molar-refractivity contribution in [2.24, 2.45) is 0 Å². The van der Waals surface area contributed by atoms with E-state index < -0.39 is 0 Å². The molecule has 6 heteroatoms. The number of fused-ring (bicyclic) bond motifs is 1. The first kappa shape index (κ1) is 13.9. The lowest BCUT2D eigenvalue weighted by atomic mass is 10.1. The Morgan fingerprint density at radius 3 is 2.86 bits per heavy atom. The largest absolute Gasteiger partial charge is 0.485 e. The molecule has 0 atom stereocenters. The van der Waals surface area contributed by atoms with Gasteiger partial charge in [-0.3, -0.25) is 4.40 Å². The fourth-order valence-corrected chi connectivity index (χ4v) is 2.58. The van der Waals surface area contributed by atoms with E-state index in [-0.39, 0.29) is 0 Å². The summed E-state index contributed by atoms with van der Waals surface area (Å²) < 4.78 is 8.58. The summed E-state index contributed by atoms with van der Waals surface area (Å²) in [5.41, 5.74) is 9.40. The molecular formula is C15H15BrN4O. The molecule has 2 heterocycles. The number of nitrogen functional groups attached to an aromatic ring is 1. The van der Waals surface area contributed by atoms with E-state index in [0.29, 0.717) is 23.8 Å². The van der Waals surface area contributed by atoms with Crippen LogP contribution in [0.25, 0.3) is 5.65 Å². The van der Waals surface area contributed by atoms with Crippen LogP contribution < -0.4 is 10.5 Å². The van der Waals surface area contributed by atoms with Gasteiger partial charge in [0.1, 0.15) is 12.4 Å². The molecule has 0 aliphatic carbocycles. The molecule has 2 N–H and O–H groups in total. The number of anilines is 1. The van der Waals surface area contributed by atoms with Gasteiger partial charge in [-0.15, -0.1) is 10.2 Å². The third-order valence-corrected chi connectivity index (χ3v) is 3.70. The van der Waals surface area contributed by atoms with Crippen LogP contribution in [0.1, 0.15) is 17.0 Å². The van der Waals surface area contributed by atoms with E-state index in [4.69, 9.17) is 10.5 Å². The standard InChI is InChI=1S/C15H15BrN4O/c1-9-3-4-10(2)13(5-9)21-8-14-18-19-15-12(17)6-11(16)7-20(14)15/h3-7H,8,17H2,1-2H3. The Kier molecular flexibility index (Phi) is 3.55. The summed E-state index contributed by atoms with van der Waals surface area (Å²) in [4.78, 5) is 0. The SMILES string of the molecule is Cc1ccc(C)c(OCc2nnc3c(N)cc(Br)cn23)c1. The highest BCUT2D eigenvalue weighted by Crippen LogP contribution is 2.22. The summed E-state index contributed by atoms with van der Waals surface area (Å²) in [6.07, 6.45) is 1.88. The van der Waals surface area contributed by atoms with Crippen LogP contribution in [0.4, 0.5) is 5.69 Å². The Bertz CT molecular complexity index is 813. The second-order valence-electron chi connectivity index (χ2n) is 4.98. The molecule has 5 nitrogen and oxygen atoms in total. The normalized spacial score (nSPS) is 11.0. The fourth-order valence-electron chi connectivity index (χ4n) is 2.13. The average molecular weight is 347 g/mol. The van der Waals surface area contributed by atoms with E-state index in [2.05, 4.69) is 32.2 Å².